The molecule has 0 saturated carbocycles. The average molecular weight is 286 g/mol. The number of nitriles is 1. The number of halogens is 1. The Hall–Kier alpha value is -0.990. The summed E-state index contributed by atoms with van der Waals surface area (Å²) in [6, 6.07) is 5.05. The van der Waals surface area contributed by atoms with Gasteiger partial charge in [0.15, 0.2) is 0 Å². The first-order chi connectivity index (χ1) is 7.10. The highest BCUT2D eigenvalue weighted by Gasteiger charge is 2.13. The Bertz CT molecular complexity index is 440. The third-order valence-corrected chi connectivity index (χ3v) is 2.73. The van der Waals surface area contributed by atoms with Crippen LogP contribution in [-0.2, 0) is 4.74 Å². The maximum Gasteiger partial charge on any atom is 0.339 e. The smallest absolute Gasteiger partial charge is 0.339 e. The van der Waals surface area contributed by atoms with Crippen molar-refractivity contribution in [3.8, 4) is 6.07 Å². The van der Waals surface area contributed by atoms with E-state index >= 15 is 0 Å². The van der Waals surface area contributed by atoms with Gasteiger partial charge in [-0.2, -0.15) is 5.26 Å². The summed E-state index contributed by atoms with van der Waals surface area (Å²) in [5, 5.41) is 8.75. The molecule has 1 rings (SSSR count). The summed E-state index contributed by atoms with van der Waals surface area (Å²) >= 11 is 7.32. The lowest BCUT2D eigenvalue weighted by Crippen LogP contribution is -2.06. The number of carbonyl (C=O) groups excluding carboxylic acids is 1. The predicted molar refractivity (Wildman–Crippen MR) is 62.1 cm³/mol. The molecule has 0 fully saturated rings. The third kappa shape index (κ3) is 2.74. The molecule has 0 aromatic heterocycles. The van der Waals surface area contributed by atoms with Crippen molar-refractivity contribution < 1.29 is 9.53 Å². The van der Waals surface area contributed by atoms with Crippen molar-refractivity contribution in [1.29, 1.82) is 5.26 Å². The summed E-state index contributed by atoms with van der Waals surface area (Å²) in [7, 11) is 0. The number of esters is 1. The molecule has 1 aromatic carbocycles. The van der Waals surface area contributed by atoms with Gasteiger partial charge in [0.05, 0.1) is 17.7 Å². The Balaban J connectivity index is 3.17. The molecule has 0 heterocycles. The van der Waals surface area contributed by atoms with Crippen molar-refractivity contribution in [2.45, 2.75) is 11.8 Å². The zero-order valence-electron chi connectivity index (χ0n) is 7.95. The first kappa shape index (κ1) is 12.1. The fraction of sp³-hybridized carbons (Fsp3) is 0.200. The van der Waals surface area contributed by atoms with E-state index in [1.165, 1.54) is 6.07 Å². The second-order valence-electron chi connectivity index (χ2n) is 2.68. The quantitative estimate of drug-likeness (QED) is 0.672. The number of thiol groups is 1. The Labute approximate surface area is 102 Å². The SMILES string of the molecule is CCOC(=O)c1cc(Br)c(C#N)cc1S. The zero-order valence-corrected chi connectivity index (χ0v) is 10.4. The Kier molecular flexibility index (Phi) is 4.18. The predicted octanol–water partition coefficient (Wildman–Crippen LogP) is 2.79. The van der Waals surface area contributed by atoms with Crippen molar-refractivity contribution >= 4 is 34.5 Å². The number of hydrogen-bond donors (Lipinski definition) is 1. The van der Waals surface area contributed by atoms with Crippen molar-refractivity contribution in [3.05, 3.63) is 27.7 Å². The van der Waals surface area contributed by atoms with Crippen LogP contribution in [0, 0.1) is 11.3 Å². The number of ether oxygens (including phenoxy) is 1. The number of carbonyl (C=O) groups is 1. The summed E-state index contributed by atoms with van der Waals surface area (Å²) in [5.74, 6) is -0.437. The molecule has 0 atom stereocenters. The van der Waals surface area contributed by atoms with Crippen LogP contribution >= 0.6 is 28.6 Å². The minimum absolute atomic E-state index is 0.309. The number of benzene rings is 1. The second kappa shape index (κ2) is 5.19. The average Bonchev–Trinajstić information content (AvgIpc) is 2.21. The van der Waals surface area contributed by atoms with E-state index < -0.39 is 5.97 Å². The molecular weight excluding hydrogens is 278 g/mol. The molecule has 5 heteroatoms. The molecule has 15 heavy (non-hydrogen) atoms. The van der Waals surface area contributed by atoms with Crippen LogP contribution in [0.15, 0.2) is 21.5 Å². The Morgan fingerprint density at radius 1 is 1.67 bits per heavy atom. The minimum atomic E-state index is -0.437. The van der Waals surface area contributed by atoms with E-state index in [9.17, 15) is 4.79 Å². The number of hydrogen-bond acceptors (Lipinski definition) is 4. The monoisotopic (exact) mass is 285 g/mol. The summed E-state index contributed by atoms with van der Waals surface area (Å²) in [6.07, 6.45) is 0. The lowest BCUT2D eigenvalue weighted by molar-refractivity contribution is 0.0522. The minimum Gasteiger partial charge on any atom is -0.462 e. The molecule has 0 unspecified atom stereocenters. The van der Waals surface area contributed by atoms with E-state index in [-0.39, 0.29) is 0 Å². The fourth-order valence-electron chi connectivity index (χ4n) is 1.02. The highest BCUT2D eigenvalue weighted by molar-refractivity contribution is 9.10. The molecular formula is C10H8BrNO2S. The van der Waals surface area contributed by atoms with Crippen LogP contribution in [-0.4, -0.2) is 12.6 Å². The molecule has 0 aliphatic carbocycles. The Morgan fingerprint density at radius 3 is 2.87 bits per heavy atom. The number of rotatable bonds is 2. The standard InChI is InChI=1S/C10H8BrNO2S/c1-2-14-10(13)7-4-8(11)6(5-12)3-9(7)15/h3-4,15H,2H2,1H3. The van der Waals surface area contributed by atoms with Crippen molar-refractivity contribution in [3.63, 3.8) is 0 Å². The molecule has 0 aliphatic heterocycles. The van der Waals surface area contributed by atoms with Crippen LogP contribution in [0.4, 0.5) is 0 Å². The maximum atomic E-state index is 11.4. The van der Waals surface area contributed by atoms with Crippen LogP contribution in [0.1, 0.15) is 22.8 Å². The molecule has 0 aliphatic rings. The van der Waals surface area contributed by atoms with E-state index in [0.717, 1.165) is 0 Å². The van der Waals surface area contributed by atoms with Gasteiger partial charge >= 0.3 is 5.97 Å². The van der Waals surface area contributed by atoms with Gasteiger partial charge in [0.25, 0.3) is 0 Å². The maximum absolute atomic E-state index is 11.4. The van der Waals surface area contributed by atoms with Gasteiger partial charge in [-0.1, -0.05) is 0 Å². The van der Waals surface area contributed by atoms with Crippen molar-refractivity contribution in [1.82, 2.24) is 0 Å². The topological polar surface area (TPSA) is 50.1 Å². The Morgan fingerprint density at radius 2 is 2.33 bits per heavy atom. The second-order valence-corrected chi connectivity index (χ2v) is 4.02. The van der Waals surface area contributed by atoms with Crippen LogP contribution in [0.25, 0.3) is 0 Å². The van der Waals surface area contributed by atoms with E-state index in [4.69, 9.17) is 10.00 Å². The van der Waals surface area contributed by atoms with E-state index in [1.54, 1.807) is 13.0 Å². The van der Waals surface area contributed by atoms with Crippen LogP contribution in [0.5, 0.6) is 0 Å². The van der Waals surface area contributed by atoms with Gasteiger partial charge < -0.3 is 4.74 Å². The van der Waals surface area contributed by atoms with Gasteiger partial charge in [0, 0.05) is 9.37 Å². The molecule has 0 N–H and O–H groups in total. The molecule has 0 saturated heterocycles. The largest absolute Gasteiger partial charge is 0.462 e. The molecule has 0 spiro atoms. The summed E-state index contributed by atoms with van der Waals surface area (Å²) in [6.45, 7) is 2.04. The molecule has 3 nitrogen and oxygen atoms in total. The van der Waals surface area contributed by atoms with Crippen molar-refractivity contribution in [2.75, 3.05) is 6.61 Å². The van der Waals surface area contributed by atoms with Crippen molar-refractivity contribution in [2.24, 2.45) is 0 Å². The highest BCUT2D eigenvalue weighted by Crippen LogP contribution is 2.24. The van der Waals surface area contributed by atoms with Gasteiger partial charge in [0.2, 0.25) is 0 Å². The third-order valence-electron chi connectivity index (χ3n) is 1.70. The normalized spacial score (nSPS) is 9.47. The first-order valence-electron chi connectivity index (χ1n) is 4.19. The van der Waals surface area contributed by atoms with Crippen LogP contribution in [0.2, 0.25) is 0 Å². The molecule has 0 amide bonds. The lowest BCUT2D eigenvalue weighted by Gasteiger charge is -2.06. The molecule has 1 aromatic rings. The van der Waals surface area contributed by atoms with Crippen LogP contribution < -0.4 is 0 Å². The first-order valence-corrected chi connectivity index (χ1v) is 5.44. The molecule has 0 radical (unpaired) electrons. The fourth-order valence-corrected chi connectivity index (χ4v) is 1.74. The van der Waals surface area contributed by atoms with E-state index in [1.807, 2.05) is 6.07 Å². The van der Waals surface area contributed by atoms with Gasteiger partial charge in [-0.25, -0.2) is 4.79 Å². The molecule has 78 valence electrons. The summed E-state index contributed by atoms with van der Waals surface area (Å²) in [4.78, 5) is 11.9. The van der Waals surface area contributed by atoms with Gasteiger partial charge in [-0.15, -0.1) is 12.6 Å². The van der Waals surface area contributed by atoms with E-state index in [2.05, 4.69) is 28.6 Å². The highest BCUT2D eigenvalue weighted by atomic mass is 79.9. The zero-order chi connectivity index (χ0) is 11.4. The number of nitrogens with zero attached hydrogens (tertiary/aromatic N) is 1. The van der Waals surface area contributed by atoms with Gasteiger partial charge in [0.1, 0.15) is 6.07 Å². The van der Waals surface area contributed by atoms with E-state index in [0.29, 0.717) is 27.1 Å². The summed E-state index contributed by atoms with van der Waals surface area (Å²) in [5.41, 5.74) is 0.791. The molecule has 0 bridgehead atoms. The lowest BCUT2D eigenvalue weighted by atomic mass is 10.1. The summed E-state index contributed by atoms with van der Waals surface area (Å²) < 4.78 is 5.41. The van der Waals surface area contributed by atoms with Gasteiger partial charge in [-0.05, 0) is 35.0 Å². The van der Waals surface area contributed by atoms with Gasteiger partial charge in [-0.3, -0.25) is 0 Å². The van der Waals surface area contributed by atoms with Crippen LogP contribution in [0.3, 0.4) is 0 Å².